The van der Waals surface area contributed by atoms with Crippen LogP contribution < -0.4 is 4.47 Å². The number of rotatable bonds is 9. The van der Waals surface area contributed by atoms with Crippen LogP contribution in [-0.4, -0.2) is 40.7 Å². The molecule has 0 fully saturated rings. The number of hydrogen-bond donors (Lipinski definition) is 1. The summed E-state index contributed by atoms with van der Waals surface area (Å²) in [4.78, 5) is -0.121. The number of sulfonamides is 1. The highest BCUT2D eigenvalue weighted by Gasteiger charge is 2.51. The first-order chi connectivity index (χ1) is 12.4. The molecule has 1 atom stereocenters. The molecular weight excluding hydrogens is 417 g/mol. The van der Waals surface area contributed by atoms with Crippen molar-refractivity contribution < 1.29 is 43.2 Å². The molecule has 0 spiro atoms. The minimum atomic E-state index is -5.82. The first-order valence-electron chi connectivity index (χ1n) is 7.53. The van der Waals surface area contributed by atoms with Crippen LogP contribution in [0.2, 0.25) is 0 Å². The van der Waals surface area contributed by atoms with Crippen LogP contribution in [0, 0.1) is 5.21 Å². The number of hydrogen-bond acceptors (Lipinski definition) is 8. The zero-order valence-electron chi connectivity index (χ0n) is 13.6. The lowest BCUT2D eigenvalue weighted by atomic mass is 10.2. The van der Waals surface area contributed by atoms with Gasteiger partial charge in [-0.3, -0.25) is 8.65 Å². The maximum atomic E-state index is 12.2. The fourth-order valence-electron chi connectivity index (χ4n) is 2.05. The van der Waals surface area contributed by atoms with Crippen LogP contribution in [0.4, 0.5) is 13.2 Å². The second-order valence-corrected chi connectivity index (χ2v) is 8.97. The molecular formula is C13H15F3N2O7S2. The number of quaternary nitrogens is 1. The normalized spacial score (nSPS) is 14.5. The van der Waals surface area contributed by atoms with Gasteiger partial charge in [0, 0.05) is 5.39 Å². The van der Waals surface area contributed by atoms with Crippen molar-refractivity contribution in [2.24, 2.45) is 0 Å². The van der Waals surface area contributed by atoms with Gasteiger partial charge in [0.15, 0.2) is 5.58 Å². The topological polar surface area (TPSA) is 131 Å². The highest BCUT2D eigenvalue weighted by atomic mass is 32.2. The Morgan fingerprint density at radius 3 is 2.52 bits per heavy atom. The minimum absolute atomic E-state index is 0.105. The van der Waals surface area contributed by atoms with E-state index in [1.54, 1.807) is 0 Å². The van der Waals surface area contributed by atoms with E-state index in [0.29, 0.717) is 11.0 Å². The number of unbranched alkanes of at least 4 members (excludes halogenated alkanes) is 2. The standard InChI is InChI=1S/C13H15F3N2O7S2/c14-13(15,16)27(22,23)18(19)6-2-1-3-7-24-26(20,21)11-4-5-12-10(8-11)9-17-25-12/h4-5,8-9,18H,1-3,6-7H2. The molecule has 1 N–H and O–H groups in total. The monoisotopic (exact) mass is 432 g/mol. The summed E-state index contributed by atoms with van der Waals surface area (Å²) in [5, 5.41) is 15.1. The lowest BCUT2D eigenvalue weighted by molar-refractivity contribution is -0.712. The number of halogens is 3. The second kappa shape index (κ2) is 8.10. The van der Waals surface area contributed by atoms with Crippen molar-refractivity contribution in [3.63, 3.8) is 0 Å². The van der Waals surface area contributed by atoms with Crippen LogP contribution in [0.5, 0.6) is 0 Å². The predicted molar refractivity (Wildman–Crippen MR) is 85.2 cm³/mol. The van der Waals surface area contributed by atoms with Crippen molar-refractivity contribution >= 4 is 31.1 Å². The van der Waals surface area contributed by atoms with Gasteiger partial charge >= 0.3 is 15.5 Å². The second-order valence-electron chi connectivity index (χ2n) is 5.43. The largest absolute Gasteiger partial charge is 0.618 e. The number of nitrogens with zero attached hydrogens (tertiary/aromatic N) is 1. The molecule has 0 amide bonds. The SMILES string of the molecule is O=S(=O)(OCCCCC[NH+]([O-])S(=O)(=O)C(F)(F)F)c1ccc2oncc2c1. The summed E-state index contributed by atoms with van der Waals surface area (Å²) in [6.45, 7) is -1.08. The van der Waals surface area contributed by atoms with Crippen molar-refractivity contribution in [3.8, 4) is 0 Å². The lowest BCUT2D eigenvalue weighted by Gasteiger charge is -2.22. The van der Waals surface area contributed by atoms with Gasteiger partial charge < -0.3 is 9.73 Å². The average molecular weight is 432 g/mol. The smallest absolute Gasteiger partial charge is 0.549 e. The quantitative estimate of drug-likeness (QED) is 0.352. The van der Waals surface area contributed by atoms with Crippen molar-refractivity contribution in [2.45, 2.75) is 29.7 Å². The molecule has 1 aromatic carbocycles. The van der Waals surface area contributed by atoms with E-state index in [1.807, 2.05) is 0 Å². The van der Waals surface area contributed by atoms with Gasteiger partial charge in [-0.2, -0.15) is 30.0 Å². The van der Waals surface area contributed by atoms with Crippen molar-refractivity contribution in [1.29, 1.82) is 0 Å². The summed E-state index contributed by atoms with van der Waals surface area (Å²) in [7, 11) is -9.88. The summed E-state index contributed by atoms with van der Waals surface area (Å²) < 4.78 is 90.1. The summed E-state index contributed by atoms with van der Waals surface area (Å²) in [6.07, 6.45) is 1.40. The van der Waals surface area contributed by atoms with E-state index in [4.69, 9.17) is 8.71 Å². The van der Waals surface area contributed by atoms with E-state index in [-0.39, 0.29) is 30.8 Å². The van der Waals surface area contributed by atoms with Crippen molar-refractivity contribution in [1.82, 2.24) is 5.16 Å². The third-order valence-electron chi connectivity index (χ3n) is 3.48. The molecule has 2 rings (SSSR count). The minimum Gasteiger partial charge on any atom is -0.618 e. The van der Waals surface area contributed by atoms with Gasteiger partial charge in [0.25, 0.3) is 10.1 Å². The summed E-state index contributed by atoms with van der Waals surface area (Å²) in [5.74, 6) is 0. The van der Waals surface area contributed by atoms with Crippen LogP contribution in [0.1, 0.15) is 19.3 Å². The number of hydroxylamine groups is 1. The maximum absolute atomic E-state index is 12.2. The third-order valence-corrected chi connectivity index (χ3v) is 6.20. The third kappa shape index (κ3) is 5.16. The van der Waals surface area contributed by atoms with Gasteiger partial charge in [-0.15, -0.1) is 0 Å². The number of benzene rings is 1. The van der Waals surface area contributed by atoms with Crippen molar-refractivity contribution in [2.75, 3.05) is 13.2 Å². The molecule has 1 heterocycles. The number of alkyl halides is 3. The molecule has 0 radical (unpaired) electrons. The number of nitrogens with one attached hydrogen (secondary N) is 1. The Morgan fingerprint density at radius 2 is 1.85 bits per heavy atom. The first kappa shape index (κ1) is 21.6. The molecule has 27 heavy (non-hydrogen) atoms. The lowest BCUT2D eigenvalue weighted by Crippen LogP contribution is -3.10. The Hall–Kier alpha value is -1.74. The fraction of sp³-hybridized carbons (Fsp3) is 0.462. The zero-order valence-corrected chi connectivity index (χ0v) is 15.2. The van der Waals surface area contributed by atoms with Crippen LogP contribution in [0.25, 0.3) is 11.0 Å². The molecule has 0 aliphatic heterocycles. The van der Waals surface area contributed by atoms with E-state index in [1.165, 1.54) is 24.4 Å². The average Bonchev–Trinajstić information content (AvgIpc) is 3.04. The van der Waals surface area contributed by atoms with E-state index < -0.39 is 36.7 Å². The zero-order chi connectivity index (χ0) is 20.3. The highest BCUT2D eigenvalue weighted by Crippen LogP contribution is 2.21. The molecule has 9 nitrogen and oxygen atoms in total. The molecule has 0 bridgehead atoms. The molecule has 0 saturated carbocycles. The predicted octanol–water partition coefficient (Wildman–Crippen LogP) is 0.936. The van der Waals surface area contributed by atoms with Crippen molar-refractivity contribution in [3.05, 3.63) is 29.6 Å². The molecule has 0 aliphatic rings. The Kier molecular flexibility index (Phi) is 6.47. The summed E-state index contributed by atoms with van der Waals surface area (Å²) in [6, 6.07) is 3.98. The van der Waals surface area contributed by atoms with Crippen LogP contribution in [0.3, 0.4) is 0 Å². The van der Waals surface area contributed by atoms with E-state index in [9.17, 15) is 35.2 Å². The Morgan fingerprint density at radius 1 is 1.15 bits per heavy atom. The van der Waals surface area contributed by atoms with Crippen LogP contribution in [-0.2, 0) is 24.3 Å². The molecule has 0 aliphatic carbocycles. The van der Waals surface area contributed by atoms with Crippen LogP contribution in [0.15, 0.2) is 33.8 Å². The van der Waals surface area contributed by atoms with E-state index in [0.717, 1.165) is 0 Å². The van der Waals surface area contributed by atoms with Gasteiger partial charge in [0.05, 0.1) is 24.2 Å². The number of aromatic nitrogens is 1. The van der Waals surface area contributed by atoms with Gasteiger partial charge in [0.2, 0.25) is 0 Å². The molecule has 2 aromatic rings. The Labute approximate surface area is 152 Å². The first-order valence-corrected chi connectivity index (χ1v) is 10.4. The van der Waals surface area contributed by atoms with E-state index >= 15 is 0 Å². The maximum Gasteiger partial charge on any atom is 0.549 e. The van der Waals surface area contributed by atoms with E-state index in [2.05, 4.69) is 5.16 Å². The van der Waals surface area contributed by atoms with Gasteiger partial charge in [0.1, 0.15) is 0 Å². The molecule has 152 valence electrons. The Balaban J connectivity index is 1.78. The highest BCUT2D eigenvalue weighted by molar-refractivity contribution is 7.86. The summed E-state index contributed by atoms with van der Waals surface area (Å²) in [5.41, 5.74) is -5.22. The molecule has 0 saturated heterocycles. The summed E-state index contributed by atoms with van der Waals surface area (Å²) >= 11 is 0. The van der Waals surface area contributed by atoms with Gasteiger partial charge in [-0.25, -0.2) is 0 Å². The van der Waals surface area contributed by atoms with Crippen LogP contribution >= 0.6 is 0 Å². The fourth-order valence-corrected chi connectivity index (χ4v) is 3.70. The molecule has 14 heteroatoms. The molecule has 1 aromatic heterocycles. The Bertz CT molecular complexity index is 987. The van der Waals surface area contributed by atoms with Gasteiger partial charge in [-0.1, -0.05) is 5.16 Å². The molecule has 1 unspecified atom stereocenters. The number of fused-ring (bicyclic) bond motifs is 1. The van der Waals surface area contributed by atoms with Gasteiger partial charge in [-0.05, 0) is 37.5 Å².